The summed E-state index contributed by atoms with van der Waals surface area (Å²) < 4.78 is 11.0. The molecule has 3 N–H and O–H groups in total. The maximum absolute atomic E-state index is 12.0. The third-order valence-electron chi connectivity index (χ3n) is 4.08. The molecule has 0 radical (unpaired) electrons. The second kappa shape index (κ2) is 9.36. The number of carbonyl (C=O) groups excluding carboxylic acids is 1. The lowest BCUT2D eigenvalue weighted by atomic mass is 10.1. The van der Waals surface area contributed by atoms with Crippen molar-refractivity contribution in [3.8, 4) is 17.1 Å². The van der Waals surface area contributed by atoms with Gasteiger partial charge in [0.15, 0.2) is 0 Å². The summed E-state index contributed by atoms with van der Waals surface area (Å²) in [5, 5.41) is 17.4. The molecule has 9 heteroatoms. The SMILES string of the molecule is Cc1onc(-c2ccccc2)c1COc1ccc(C(=O)NCCNC(=O)O)cn1. The van der Waals surface area contributed by atoms with Gasteiger partial charge in [-0.1, -0.05) is 35.5 Å². The van der Waals surface area contributed by atoms with Crippen LogP contribution in [0.5, 0.6) is 5.88 Å². The number of carbonyl (C=O) groups is 2. The first-order valence-corrected chi connectivity index (χ1v) is 8.89. The fourth-order valence-corrected chi connectivity index (χ4v) is 2.58. The average Bonchev–Trinajstić information content (AvgIpc) is 3.11. The van der Waals surface area contributed by atoms with Gasteiger partial charge in [-0.3, -0.25) is 4.79 Å². The summed E-state index contributed by atoms with van der Waals surface area (Å²) >= 11 is 0. The van der Waals surface area contributed by atoms with Gasteiger partial charge in [-0.25, -0.2) is 9.78 Å². The van der Waals surface area contributed by atoms with Crippen LogP contribution in [0.1, 0.15) is 21.7 Å². The molecule has 29 heavy (non-hydrogen) atoms. The van der Waals surface area contributed by atoms with E-state index < -0.39 is 6.09 Å². The molecule has 0 aliphatic carbocycles. The van der Waals surface area contributed by atoms with Gasteiger partial charge in [-0.15, -0.1) is 0 Å². The highest BCUT2D eigenvalue weighted by atomic mass is 16.5. The molecule has 3 aromatic rings. The fraction of sp³-hybridized carbons (Fsp3) is 0.200. The van der Waals surface area contributed by atoms with Gasteiger partial charge >= 0.3 is 6.09 Å². The van der Waals surface area contributed by atoms with Gasteiger partial charge in [0, 0.05) is 30.9 Å². The van der Waals surface area contributed by atoms with Crippen molar-refractivity contribution in [2.75, 3.05) is 13.1 Å². The minimum Gasteiger partial charge on any atom is -0.473 e. The van der Waals surface area contributed by atoms with E-state index in [1.54, 1.807) is 12.1 Å². The molecule has 150 valence electrons. The van der Waals surface area contributed by atoms with E-state index >= 15 is 0 Å². The van der Waals surface area contributed by atoms with Gasteiger partial charge in [0.25, 0.3) is 5.91 Å². The Balaban J connectivity index is 1.58. The van der Waals surface area contributed by atoms with Crippen molar-refractivity contribution < 1.29 is 24.0 Å². The Morgan fingerprint density at radius 2 is 1.86 bits per heavy atom. The van der Waals surface area contributed by atoms with Gasteiger partial charge in [0.05, 0.1) is 11.1 Å². The molecule has 1 aromatic carbocycles. The van der Waals surface area contributed by atoms with E-state index in [0.717, 1.165) is 11.1 Å². The first-order chi connectivity index (χ1) is 14.0. The number of nitrogens with one attached hydrogen (secondary N) is 2. The van der Waals surface area contributed by atoms with Crippen molar-refractivity contribution in [1.29, 1.82) is 0 Å². The monoisotopic (exact) mass is 396 g/mol. The number of aromatic nitrogens is 2. The predicted molar refractivity (Wildman–Crippen MR) is 104 cm³/mol. The number of hydrogen-bond donors (Lipinski definition) is 3. The van der Waals surface area contributed by atoms with Crippen LogP contribution in [0.15, 0.2) is 53.2 Å². The second-order valence-corrected chi connectivity index (χ2v) is 6.09. The zero-order chi connectivity index (χ0) is 20.6. The van der Waals surface area contributed by atoms with E-state index in [-0.39, 0.29) is 25.6 Å². The summed E-state index contributed by atoms with van der Waals surface area (Å²) in [7, 11) is 0. The van der Waals surface area contributed by atoms with Gasteiger partial charge < -0.3 is 25.0 Å². The number of pyridine rings is 1. The van der Waals surface area contributed by atoms with Gasteiger partial charge in [0.2, 0.25) is 5.88 Å². The predicted octanol–water partition coefficient (Wildman–Crippen LogP) is 2.62. The average molecular weight is 396 g/mol. The highest BCUT2D eigenvalue weighted by molar-refractivity contribution is 5.93. The molecule has 0 fully saturated rings. The van der Waals surface area contributed by atoms with Crippen LogP contribution in [0.4, 0.5) is 4.79 Å². The van der Waals surface area contributed by atoms with Gasteiger partial charge in [-0.2, -0.15) is 0 Å². The zero-order valence-corrected chi connectivity index (χ0v) is 15.7. The molecule has 0 aliphatic rings. The fourth-order valence-electron chi connectivity index (χ4n) is 2.58. The van der Waals surface area contributed by atoms with E-state index in [2.05, 4.69) is 20.8 Å². The Hall–Kier alpha value is -3.88. The molecule has 2 aromatic heterocycles. The number of amides is 2. The molecule has 0 aliphatic heterocycles. The maximum Gasteiger partial charge on any atom is 0.404 e. The molecule has 9 nitrogen and oxygen atoms in total. The first-order valence-electron chi connectivity index (χ1n) is 8.89. The van der Waals surface area contributed by atoms with E-state index in [1.165, 1.54) is 6.20 Å². The molecule has 2 heterocycles. The number of benzene rings is 1. The summed E-state index contributed by atoms with van der Waals surface area (Å²) in [6.07, 6.45) is 0.259. The minimum absolute atomic E-state index is 0.123. The second-order valence-electron chi connectivity index (χ2n) is 6.09. The van der Waals surface area contributed by atoms with Crippen LogP contribution in [0.3, 0.4) is 0 Å². The standard InChI is InChI=1S/C20H20N4O5/c1-13-16(18(24-29-13)14-5-3-2-4-6-14)12-28-17-8-7-15(11-23-17)19(25)21-9-10-22-20(26)27/h2-8,11,22H,9-10,12H2,1H3,(H,21,25)(H,26,27). The smallest absolute Gasteiger partial charge is 0.404 e. The summed E-state index contributed by atoms with van der Waals surface area (Å²) in [6, 6.07) is 12.8. The molecule has 0 bridgehead atoms. The molecule has 0 spiro atoms. The Morgan fingerprint density at radius 1 is 1.10 bits per heavy atom. The number of carboxylic acid groups (broad SMARTS) is 1. The lowest BCUT2D eigenvalue weighted by Crippen LogP contribution is -2.33. The highest BCUT2D eigenvalue weighted by Gasteiger charge is 2.15. The van der Waals surface area contributed by atoms with Gasteiger partial charge in [0.1, 0.15) is 18.1 Å². The van der Waals surface area contributed by atoms with Crippen LogP contribution >= 0.6 is 0 Å². The Kier molecular flexibility index (Phi) is 6.41. The zero-order valence-electron chi connectivity index (χ0n) is 15.7. The number of aryl methyl sites for hydroxylation is 1. The number of ether oxygens (including phenoxy) is 1. The summed E-state index contributed by atoms with van der Waals surface area (Å²) in [5.74, 6) is 0.668. The van der Waals surface area contributed by atoms with E-state index in [9.17, 15) is 9.59 Å². The third kappa shape index (κ3) is 5.32. The Bertz CT molecular complexity index is 970. The van der Waals surface area contributed by atoms with E-state index in [1.807, 2.05) is 37.3 Å². The molecular formula is C20H20N4O5. The molecule has 3 rings (SSSR count). The normalized spacial score (nSPS) is 10.4. The summed E-state index contributed by atoms with van der Waals surface area (Å²) in [4.78, 5) is 26.5. The lowest BCUT2D eigenvalue weighted by molar-refractivity contribution is 0.0952. The van der Waals surface area contributed by atoms with E-state index in [0.29, 0.717) is 22.9 Å². The van der Waals surface area contributed by atoms with Crippen molar-refractivity contribution in [3.05, 3.63) is 65.5 Å². The first kappa shape index (κ1) is 19.9. The molecule has 0 unspecified atom stereocenters. The number of hydrogen-bond acceptors (Lipinski definition) is 6. The van der Waals surface area contributed by atoms with Crippen molar-refractivity contribution in [2.45, 2.75) is 13.5 Å². The van der Waals surface area contributed by atoms with Crippen LogP contribution in [0, 0.1) is 6.92 Å². The maximum atomic E-state index is 12.0. The quantitative estimate of drug-likeness (QED) is 0.500. The topological polar surface area (TPSA) is 127 Å². The van der Waals surface area contributed by atoms with Crippen LogP contribution in [0.2, 0.25) is 0 Å². The van der Waals surface area contributed by atoms with Crippen molar-refractivity contribution in [2.24, 2.45) is 0 Å². The largest absolute Gasteiger partial charge is 0.473 e. The van der Waals surface area contributed by atoms with E-state index in [4.69, 9.17) is 14.4 Å². The van der Waals surface area contributed by atoms with Crippen LogP contribution in [0.25, 0.3) is 11.3 Å². The van der Waals surface area contributed by atoms with Crippen LogP contribution in [-0.2, 0) is 6.61 Å². The lowest BCUT2D eigenvalue weighted by Gasteiger charge is -2.08. The summed E-state index contributed by atoms with van der Waals surface area (Å²) in [6.45, 7) is 2.34. The van der Waals surface area contributed by atoms with Crippen molar-refractivity contribution in [1.82, 2.24) is 20.8 Å². The van der Waals surface area contributed by atoms with Gasteiger partial charge in [-0.05, 0) is 13.0 Å². The third-order valence-corrected chi connectivity index (χ3v) is 4.08. The van der Waals surface area contributed by atoms with Crippen molar-refractivity contribution >= 4 is 12.0 Å². The molecule has 0 atom stereocenters. The summed E-state index contributed by atoms with van der Waals surface area (Å²) in [5.41, 5.74) is 2.82. The Morgan fingerprint density at radius 3 is 2.55 bits per heavy atom. The molecular weight excluding hydrogens is 376 g/mol. The Labute approximate surface area is 166 Å². The number of nitrogens with zero attached hydrogens (tertiary/aromatic N) is 2. The molecule has 2 amide bonds. The molecule has 0 saturated heterocycles. The van der Waals surface area contributed by atoms with Crippen molar-refractivity contribution in [3.63, 3.8) is 0 Å². The van der Waals surface area contributed by atoms with Crippen LogP contribution in [-0.4, -0.2) is 40.3 Å². The highest BCUT2D eigenvalue weighted by Crippen LogP contribution is 2.26. The van der Waals surface area contributed by atoms with Crippen LogP contribution < -0.4 is 15.4 Å². The molecule has 0 saturated carbocycles. The number of rotatable bonds is 8. The minimum atomic E-state index is -1.14.